The number of hydrogen-bond acceptors (Lipinski definition) is 7. The van der Waals surface area contributed by atoms with Crippen molar-refractivity contribution in [2.24, 2.45) is 0 Å². The molecule has 3 heterocycles. The van der Waals surface area contributed by atoms with Crippen molar-refractivity contribution < 1.29 is 14.2 Å². The Morgan fingerprint density at radius 1 is 1.20 bits per heavy atom. The maximum absolute atomic E-state index is 5.61. The Hall–Kier alpha value is -2.07. The van der Waals surface area contributed by atoms with E-state index in [0.717, 1.165) is 46.9 Å². The van der Waals surface area contributed by atoms with Crippen LogP contribution in [0.1, 0.15) is 18.0 Å². The number of benzene rings is 1. The van der Waals surface area contributed by atoms with E-state index in [2.05, 4.69) is 34.8 Å². The fourth-order valence-electron chi connectivity index (χ4n) is 3.78. The van der Waals surface area contributed by atoms with Gasteiger partial charge in [0.25, 0.3) is 0 Å². The quantitative estimate of drug-likeness (QED) is 0.482. The Kier molecular flexibility index (Phi) is 6.06. The zero-order chi connectivity index (χ0) is 21.3. The van der Waals surface area contributed by atoms with E-state index in [1.807, 2.05) is 18.2 Å². The van der Waals surface area contributed by atoms with Crippen molar-refractivity contribution in [2.75, 3.05) is 32.8 Å². The van der Waals surface area contributed by atoms with Gasteiger partial charge in [0, 0.05) is 0 Å². The van der Waals surface area contributed by atoms with Crippen LogP contribution in [0.15, 0.2) is 24.5 Å². The molecule has 8 nitrogen and oxygen atoms in total. The molecule has 3 aromatic rings. The molecule has 1 fully saturated rings. The SMILES string of the molecule is COc1ccc(CNc2ncnc3c2[c]([Sn]([CH3])([CH3])[CH3])nn3C2CCOC2)c(OC)c1. The molecular weight excluding hydrogens is 489 g/mol. The fourth-order valence-corrected chi connectivity index (χ4v) is 7.74. The van der Waals surface area contributed by atoms with Crippen molar-refractivity contribution in [3.63, 3.8) is 0 Å². The Morgan fingerprint density at radius 2 is 2.03 bits per heavy atom. The molecule has 1 unspecified atom stereocenters. The van der Waals surface area contributed by atoms with E-state index in [1.165, 1.54) is 3.71 Å². The third kappa shape index (κ3) is 4.07. The van der Waals surface area contributed by atoms with Crippen LogP contribution < -0.4 is 18.5 Å². The van der Waals surface area contributed by atoms with E-state index < -0.39 is 18.4 Å². The number of nitrogens with zero attached hydrogens (tertiary/aromatic N) is 4. The van der Waals surface area contributed by atoms with Gasteiger partial charge < -0.3 is 0 Å². The van der Waals surface area contributed by atoms with E-state index in [4.69, 9.17) is 19.3 Å². The van der Waals surface area contributed by atoms with Crippen LogP contribution in [-0.2, 0) is 11.3 Å². The average Bonchev–Trinajstić information content (AvgIpc) is 3.39. The fraction of sp³-hybridized carbons (Fsp3) is 0.476. The number of anilines is 1. The standard InChI is InChI=1S/C18H20N5O3.3CH3.Sn/c1-24-14-4-3-12(16(7-14)25-2)8-19-17-15-9-22-23(13-5-6-26-10-13)18(15)21-11-20-17;;;;/h3-4,7,11,13H,5-6,8,10H2,1-2H3,(H,19,20,21);3*1H3;. The predicted octanol–water partition coefficient (Wildman–Crippen LogP) is 2.96. The van der Waals surface area contributed by atoms with Crippen LogP contribution >= 0.6 is 0 Å². The molecule has 2 aromatic heterocycles. The first-order valence-electron chi connectivity index (χ1n) is 10.2. The normalized spacial score (nSPS) is 16.8. The summed E-state index contributed by atoms with van der Waals surface area (Å²) >= 11 is -2.54. The maximum atomic E-state index is 5.61. The van der Waals surface area contributed by atoms with Crippen molar-refractivity contribution in [1.29, 1.82) is 0 Å². The Balaban J connectivity index is 1.73. The summed E-state index contributed by atoms with van der Waals surface area (Å²) < 4.78 is 19.7. The molecule has 1 aliphatic heterocycles. The summed E-state index contributed by atoms with van der Waals surface area (Å²) in [7, 11) is 3.32. The van der Waals surface area contributed by atoms with Gasteiger partial charge >= 0.3 is 181 Å². The molecule has 0 radical (unpaired) electrons. The molecule has 1 aliphatic rings. The summed E-state index contributed by atoms with van der Waals surface area (Å²) in [6.45, 7) is 2.04. The van der Waals surface area contributed by atoms with Crippen LogP contribution in [0.5, 0.6) is 11.5 Å². The number of hydrogen-bond donors (Lipinski definition) is 1. The minimum absolute atomic E-state index is 0.235. The Morgan fingerprint density at radius 3 is 2.70 bits per heavy atom. The van der Waals surface area contributed by atoms with Gasteiger partial charge in [0.05, 0.1) is 0 Å². The van der Waals surface area contributed by atoms with Crippen molar-refractivity contribution in [3.8, 4) is 11.5 Å². The second-order valence-electron chi connectivity index (χ2n) is 8.51. The molecule has 9 heteroatoms. The first-order chi connectivity index (χ1) is 14.4. The molecule has 4 rings (SSSR count). The van der Waals surface area contributed by atoms with Crippen LogP contribution in [0.25, 0.3) is 11.0 Å². The molecule has 160 valence electrons. The molecule has 0 aliphatic carbocycles. The van der Waals surface area contributed by atoms with Crippen LogP contribution in [0, 0.1) is 0 Å². The first-order valence-corrected chi connectivity index (χ1v) is 20.2. The molecule has 0 spiro atoms. The minimum atomic E-state index is -2.54. The molecule has 0 amide bonds. The van der Waals surface area contributed by atoms with Gasteiger partial charge in [-0.3, -0.25) is 0 Å². The van der Waals surface area contributed by atoms with Gasteiger partial charge in [-0.25, -0.2) is 0 Å². The molecule has 1 aromatic carbocycles. The summed E-state index contributed by atoms with van der Waals surface area (Å²) in [5, 5.41) is 9.63. The van der Waals surface area contributed by atoms with Crippen LogP contribution in [0.3, 0.4) is 0 Å². The number of methoxy groups -OCH3 is 2. The van der Waals surface area contributed by atoms with E-state index in [9.17, 15) is 0 Å². The van der Waals surface area contributed by atoms with E-state index >= 15 is 0 Å². The third-order valence-electron chi connectivity index (χ3n) is 5.39. The molecule has 1 N–H and O–H groups in total. The van der Waals surface area contributed by atoms with Gasteiger partial charge in [-0.1, -0.05) is 0 Å². The van der Waals surface area contributed by atoms with Crippen molar-refractivity contribution >= 4 is 38.9 Å². The van der Waals surface area contributed by atoms with Gasteiger partial charge in [0.1, 0.15) is 0 Å². The number of rotatable bonds is 7. The van der Waals surface area contributed by atoms with Crippen molar-refractivity contribution in [3.05, 3.63) is 30.1 Å². The Bertz CT molecular complexity index is 1040. The average molecular weight is 518 g/mol. The van der Waals surface area contributed by atoms with Crippen LogP contribution in [0.4, 0.5) is 5.82 Å². The summed E-state index contributed by atoms with van der Waals surface area (Å²) in [4.78, 5) is 16.3. The number of aromatic nitrogens is 4. The van der Waals surface area contributed by atoms with Gasteiger partial charge in [-0.15, -0.1) is 0 Å². The second kappa shape index (κ2) is 8.58. The second-order valence-corrected chi connectivity index (χ2v) is 22.7. The third-order valence-corrected chi connectivity index (χ3v) is 10.4. The van der Waals surface area contributed by atoms with Crippen molar-refractivity contribution in [2.45, 2.75) is 33.8 Å². The van der Waals surface area contributed by atoms with Gasteiger partial charge in [-0.05, 0) is 0 Å². The van der Waals surface area contributed by atoms with E-state index in [0.29, 0.717) is 13.2 Å². The van der Waals surface area contributed by atoms with Gasteiger partial charge in [-0.2, -0.15) is 0 Å². The Labute approximate surface area is 180 Å². The monoisotopic (exact) mass is 519 g/mol. The summed E-state index contributed by atoms with van der Waals surface area (Å²) in [6.07, 6.45) is 2.58. The topological polar surface area (TPSA) is 83.3 Å². The summed E-state index contributed by atoms with van der Waals surface area (Å²) in [5.41, 5.74) is 1.92. The molecule has 1 atom stereocenters. The summed E-state index contributed by atoms with van der Waals surface area (Å²) in [5.74, 6) is 2.37. The number of ether oxygens (including phenoxy) is 3. The number of nitrogens with one attached hydrogen (secondary N) is 1. The van der Waals surface area contributed by atoms with Gasteiger partial charge in [0.15, 0.2) is 0 Å². The zero-order valence-corrected chi connectivity index (χ0v) is 21.1. The zero-order valence-electron chi connectivity index (χ0n) is 18.2. The van der Waals surface area contributed by atoms with Crippen LogP contribution in [-0.4, -0.2) is 65.6 Å². The van der Waals surface area contributed by atoms with E-state index in [-0.39, 0.29) is 6.04 Å². The first kappa shape index (κ1) is 21.2. The molecular formula is C21H29N5O3Sn. The number of fused-ring (bicyclic) bond motifs is 1. The van der Waals surface area contributed by atoms with Crippen molar-refractivity contribution in [1.82, 2.24) is 19.7 Å². The molecule has 0 bridgehead atoms. The van der Waals surface area contributed by atoms with E-state index in [1.54, 1.807) is 20.5 Å². The molecule has 0 saturated carbocycles. The van der Waals surface area contributed by atoms with Crippen LogP contribution in [0.2, 0.25) is 14.8 Å². The molecule has 30 heavy (non-hydrogen) atoms. The van der Waals surface area contributed by atoms with Gasteiger partial charge in [0.2, 0.25) is 0 Å². The summed E-state index contributed by atoms with van der Waals surface area (Å²) in [6, 6.07) is 6.07. The molecule has 1 saturated heterocycles. The predicted molar refractivity (Wildman–Crippen MR) is 120 cm³/mol.